The molecule has 0 aliphatic rings. The summed E-state index contributed by atoms with van der Waals surface area (Å²) in [6, 6.07) is 13.5. The molecule has 20 heavy (non-hydrogen) atoms. The number of hydrogen-bond acceptors (Lipinski definition) is 2. The first-order chi connectivity index (χ1) is 9.30. The van der Waals surface area contributed by atoms with Crippen molar-refractivity contribution in [3.8, 4) is 11.1 Å². The Kier molecular flexibility index (Phi) is 4.38. The lowest BCUT2D eigenvalue weighted by atomic mass is 9.75. The van der Waals surface area contributed by atoms with Crippen LogP contribution in [-0.4, -0.2) is 17.2 Å². The molecule has 2 aromatic carbocycles. The minimum Gasteiger partial charge on any atom is -0.423 e. The molecule has 0 amide bonds. The van der Waals surface area contributed by atoms with Gasteiger partial charge in [-0.2, -0.15) is 0 Å². The number of hydrogen-bond donors (Lipinski definition) is 2. The van der Waals surface area contributed by atoms with E-state index in [1.54, 1.807) is 12.1 Å². The molecular formula is C16H18BBrO2. The molecule has 0 atom stereocenters. The lowest BCUT2D eigenvalue weighted by Crippen LogP contribution is -2.31. The van der Waals surface area contributed by atoms with Gasteiger partial charge in [-0.25, -0.2) is 0 Å². The van der Waals surface area contributed by atoms with Crippen LogP contribution in [0.5, 0.6) is 0 Å². The van der Waals surface area contributed by atoms with Gasteiger partial charge in [-0.05, 0) is 39.7 Å². The van der Waals surface area contributed by atoms with Gasteiger partial charge >= 0.3 is 7.12 Å². The van der Waals surface area contributed by atoms with Gasteiger partial charge in [-0.3, -0.25) is 0 Å². The standard InChI is InChI=1S/C16H18BBrO2/c1-16(2,3)11-8-9-15(18)13(10-11)12-6-4-5-7-14(12)17(19)20/h4-10,19-20H,1-3H3. The summed E-state index contributed by atoms with van der Waals surface area (Å²) in [7, 11) is -1.48. The van der Waals surface area contributed by atoms with Crippen LogP contribution in [0.15, 0.2) is 46.9 Å². The summed E-state index contributed by atoms with van der Waals surface area (Å²) in [5.41, 5.74) is 3.57. The third-order valence-electron chi connectivity index (χ3n) is 3.36. The van der Waals surface area contributed by atoms with Crippen LogP contribution in [0.2, 0.25) is 0 Å². The van der Waals surface area contributed by atoms with Crippen LogP contribution in [0.4, 0.5) is 0 Å². The van der Waals surface area contributed by atoms with Gasteiger partial charge < -0.3 is 10.0 Å². The number of benzene rings is 2. The fraction of sp³-hybridized carbons (Fsp3) is 0.250. The fourth-order valence-electron chi connectivity index (χ4n) is 2.17. The average molecular weight is 333 g/mol. The van der Waals surface area contributed by atoms with E-state index in [0.29, 0.717) is 5.46 Å². The lowest BCUT2D eigenvalue weighted by Gasteiger charge is -2.21. The Balaban J connectivity index is 2.64. The van der Waals surface area contributed by atoms with E-state index in [1.165, 1.54) is 5.56 Å². The molecule has 0 spiro atoms. The second-order valence-corrected chi connectivity index (χ2v) is 6.76. The first-order valence-corrected chi connectivity index (χ1v) is 7.35. The van der Waals surface area contributed by atoms with Gasteiger partial charge in [0.15, 0.2) is 0 Å². The van der Waals surface area contributed by atoms with Gasteiger partial charge in [0.1, 0.15) is 0 Å². The van der Waals surface area contributed by atoms with Crippen molar-refractivity contribution in [1.29, 1.82) is 0 Å². The van der Waals surface area contributed by atoms with Crippen molar-refractivity contribution in [2.45, 2.75) is 26.2 Å². The first-order valence-electron chi connectivity index (χ1n) is 6.56. The molecular weight excluding hydrogens is 315 g/mol. The summed E-state index contributed by atoms with van der Waals surface area (Å²) in [5, 5.41) is 19.1. The average Bonchev–Trinajstić information content (AvgIpc) is 2.38. The van der Waals surface area contributed by atoms with E-state index in [9.17, 15) is 10.0 Å². The smallest absolute Gasteiger partial charge is 0.423 e. The minimum absolute atomic E-state index is 0.0439. The zero-order chi connectivity index (χ0) is 14.9. The number of rotatable bonds is 2. The van der Waals surface area contributed by atoms with E-state index in [4.69, 9.17) is 0 Å². The normalized spacial score (nSPS) is 11.5. The molecule has 0 aliphatic heterocycles. The zero-order valence-electron chi connectivity index (χ0n) is 11.9. The highest BCUT2D eigenvalue weighted by atomic mass is 79.9. The molecule has 2 nitrogen and oxygen atoms in total. The molecule has 0 fully saturated rings. The monoisotopic (exact) mass is 332 g/mol. The molecule has 104 valence electrons. The quantitative estimate of drug-likeness (QED) is 0.830. The molecule has 0 radical (unpaired) electrons. The van der Waals surface area contributed by atoms with E-state index in [-0.39, 0.29) is 5.41 Å². The molecule has 0 aliphatic carbocycles. The summed E-state index contributed by atoms with van der Waals surface area (Å²) in [4.78, 5) is 0. The van der Waals surface area contributed by atoms with Crippen LogP contribution in [0.1, 0.15) is 26.3 Å². The molecule has 0 saturated heterocycles. The van der Waals surface area contributed by atoms with Gasteiger partial charge in [0, 0.05) is 4.47 Å². The maximum absolute atomic E-state index is 9.53. The van der Waals surface area contributed by atoms with Crippen molar-refractivity contribution < 1.29 is 10.0 Å². The van der Waals surface area contributed by atoms with Crippen LogP contribution in [-0.2, 0) is 5.41 Å². The molecule has 0 unspecified atom stereocenters. The number of halogens is 1. The van der Waals surface area contributed by atoms with Gasteiger partial charge in [-0.15, -0.1) is 0 Å². The van der Waals surface area contributed by atoms with Crippen LogP contribution < -0.4 is 5.46 Å². The second kappa shape index (κ2) is 5.72. The molecule has 2 rings (SSSR count). The Morgan fingerprint density at radius 2 is 1.60 bits per heavy atom. The van der Waals surface area contributed by atoms with E-state index in [2.05, 4.69) is 48.8 Å². The Morgan fingerprint density at radius 1 is 0.950 bits per heavy atom. The maximum atomic E-state index is 9.53. The van der Waals surface area contributed by atoms with Crippen LogP contribution in [0.3, 0.4) is 0 Å². The van der Waals surface area contributed by atoms with Gasteiger partial charge in [0.2, 0.25) is 0 Å². The van der Waals surface area contributed by atoms with Gasteiger partial charge in [0.05, 0.1) is 0 Å². The summed E-state index contributed by atoms with van der Waals surface area (Å²) in [5.74, 6) is 0. The maximum Gasteiger partial charge on any atom is 0.489 e. The summed E-state index contributed by atoms with van der Waals surface area (Å²) >= 11 is 3.55. The first kappa shape index (κ1) is 15.3. The van der Waals surface area contributed by atoms with Crippen LogP contribution in [0.25, 0.3) is 11.1 Å². The summed E-state index contributed by atoms with van der Waals surface area (Å²) in [6.45, 7) is 6.48. The molecule has 4 heteroatoms. The van der Waals surface area contributed by atoms with E-state index in [1.807, 2.05) is 18.2 Å². The zero-order valence-corrected chi connectivity index (χ0v) is 13.5. The Hall–Kier alpha value is -1.10. The Morgan fingerprint density at radius 3 is 2.20 bits per heavy atom. The van der Waals surface area contributed by atoms with E-state index in [0.717, 1.165) is 15.6 Å². The van der Waals surface area contributed by atoms with Crippen molar-refractivity contribution in [3.63, 3.8) is 0 Å². The van der Waals surface area contributed by atoms with Crippen molar-refractivity contribution >= 4 is 28.5 Å². The van der Waals surface area contributed by atoms with Crippen molar-refractivity contribution in [3.05, 3.63) is 52.5 Å². The van der Waals surface area contributed by atoms with Crippen LogP contribution in [0, 0.1) is 0 Å². The third kappa shape index (κ3) is 3.14. The molecule has 0 saturated carbocycles. The Labute approximate surface area is 128 Å². The Bertz CT molecular complexity index is 618. The third-order valence-corrected chi connectivity index (χ3v) is 4.05. The molecule has 0 heterocycles. The molecule has 0 bridgehead atoms. The predicted octanol–water partition coefficient (Wildman–Crippen LogP) is 3.09. The fourth-order valence-corrected chi connectivity index (χ4v) is 2.63. The van der Waals surface area contributed by atoms with E-state index >= 15 is 0 Å². The van der Waals surface area contributed by atoms with Crippen molar-refractivity contribution in [1.82, 2.24) is 0 Å². The minimum atomic E-state index is -1.48. The second-order valence-electron chi connectivity index (χ2n) is 5.91. The highest BCUT2D eigenvalue weighted by molar-refractivity contribution is 9.10. The SMILES string of the molecule is CC(C)(C)c1ccc(Br)c(-c2ccccc2B(O)O)c1. The molecule has 2 N–H and O–H groups in total. The van der Waals surface area contributed by atoms with Crippen LogP contribution >= 0.6 is 15.9 Å². The summed E-state index contributed by atoms with van der Waals surface area (Å²) < 4.78 is 0.943. The van der Waals surface area contributed by atoms with E-state index < -0.39 is 7.12 Å². The highest BCUT2D eigenvalue weighted by Crippen LogP contribution is 2.32. The van der Waals surface area contributed by atoms with Crippen molar-refractivity contribution in [2.75, 3.05) is 0 Å². The highest BCUT2D eigenvalue weighted by Gasteiger charge is 2.20. The molecule has 2 aromatic rings. The lowest BCUT2D eigenvalue weighted by molar-refractivity contribution is 0.426. The molecule has 0 aromatic heterocycles. The topological polar surface area (TPSA) is 40.5 Å². The van der Waals surface area contributed by atoms with Gasteiger partial charge in [-0.1, -0.05) is 67.0 Å². The summed E-state index contributed by atoms with van der Waals surface area (Å²) in [6.07, 6.45) is 0. The predicted molar refractivity (Wildman–Crippen MR) is 88.1 cm³/mol. The van der Waals surface area contributed by atoms with Crippen molar-refractivity contribution in [2.24, 2.45) is 0 Å². The van der Waals surface area contributed by atoms with Gasteiger partial charge in [0.25, 0.3) is 0 Å². The largest absolute Gasteiger partial charge is 0.489 e.